The van der Waals surface area contributed by atoms with Gasteiger partial charge in [-0.3, -0.25) is 19.2 Å². The van der Waals surface area contributed by atoms with Gasteiger partial charge in [-0.1, -0.05) is 52.9 Å². The van der Waals surface area contributed by atoms with Crippen molar-refractivity contribution in [1.29, 1.82) is 0 Å². The van der Waals surface area contributed by atoms with Crippen molar-refractivity contribution in [3.05, 3.63) is 80.5 Å². The number of rotatable bonds is 36. The Morgan fingerprint density at radius 1 is 0.687 bits per heavy atom. The van der Waals surface area contributed by atoms with Crippen LogP contribution < -0.4 is 57.3 Å². The Labute approximate surface area is 490 Å². The maximum Gasteiger partial charge on any atom is 0.329 e. The lowest BCUT2D eigenvalue weighted by Gasteiger charge is -2.16. The molecule has 456 valence electrons. The second-order valence-electron chi connectivity index (χ2n) is 17.9. The lowest BCUT2D eigenvalue weighted by molar-refractivity contribution is -0.147. The molecule has 7 amide bonds. The van der Waals surface area contributed by atoms with E-state index in [4.69, 9.17) is 55.4 Å². The minimum atomic E-state index is -1.11. The van der Waals surface area contributed by atoms with Gasteiger partial charge in [-0.2, -0.15) is 23.5 Å². The molecule has 6 rings (SSSR count). The van der Waals surface area contributed by atoms with Crippen LogP contribution in [0.15, 0.2) is 58.8 Å². The number of carbonyl (C=O) groups is 8. The lowest BCUT2D eigenvalue weighted by Crippen LogP contribution is -2.37. The molecule has 0 aliphatic carbocycles. The number of carboxylic acid groups (broad SMARTS) is 2. The van der Waals surface area contributed by atoms with Crippen LogP contribution in [0.2, 0.25) is 0 Å². The van der Waals surface area contributed by atoms with E-state index in [9.17, 15) is 38.4 Å². The second kappa shape index (κ2) is 39.3. The summed E-state index contributed by atoms with van der Waals surface area (Å²) in [7, 11) is 0. The molecule has 4 fully saturated rings. The van der Waals surface area contributed by atoms with Gasteiger partial charge in [0.25, 0.3) is 11.8 Å². The van der Waals surface area contributed by atoms with Crippen molar-refractivity contribution in [3.8, 4) is 11.5 Å². The fourth-order valence-electron chi connectivity index (χ4n) is 8.18. The number of fused-ring (bicyclic) bond motifs is 2. The second-order valence-corrected chi connectivity index (χ2v) is 20.7. The Bertz CT molecular complexity index is 2540. The van der Waals surface area contributed by atoms with Crippen LogP contribution >= 0.6 is 36.3 Å². The predicted octanol–water partition coefficient (Wildman–Crippen LogP) is 2.42. The summed E-state index contributed by atoms with van der Waals surface area (Å²) in [6.07, 6.45) is 4.09. The van der Waals surface area contributed by atoms with Crippen LogP contribution in [0.3, 0.4) is 0 Å². The molecule has 0 bridgehead atoms. The summed E-state index contributed by atoms with van der Waals surface area (Å²) < 4.78 is 31.2. The third kappa shape index (κ3) is 27.2. The summed E-state index contributed by atoms with van der Waals surface area (Å²) in [6.45, 7) is -1.11. The van der Waals surface area contributed by atoms with Crippen LogP contribution in [0.5, 0.6) is 11.5 Å². The third-order valence-corrected chi connectivity index (χ3v) is 15.1. The number of nitrogens with one attached hydrogen (secondary N) is 8. The SMILES string of the molecule is O=C1N[C@H]2[C@H](CS[C@H]2CCCCC(=O)ONS)N1.[N-]=[N+]=NC(COc1cccc(C(=O)NCN)c1)OCCOCC(=O)O.[N-]=[N+]=NC(COc1cccc(C(=O)NCNC(=O)CCCC[C@H]2SC[C@H]3NC(=O)N[C@H]32)c1)OCCOCC(=O)O. The monoisotopic (exact) mass is 1220 g/mol. The first-order chi connectivity index (χ1) is 40.1. The minimum Gasteiger partial charge on any atom is -0.491 e. The number of nitrogens with two attached hydrogens (primary N) is 1. The predicted molar refractivity (Wildman–Crippen MR) is 302 cm³/mol. The molecule has 0 spiro atoms. The van der Waals surface area contributed by atoms with Crippen molar-refractivity contribution in [2.45, 2.75) is 98.5 Å². The van der Waals surface area contributed by atoms with E-state index < -0.39 is 43.5 Å². The number of carbonyl (C=O) groups excluding carboxylic acids is 6. The van der Waals surface area contributed by atoms with Gasteiger partial charge in [0.1, 0.15) is 37.9 Å². The van der Waals surface area contributed by atoms with Crippen molar-refractivity contribution in [2.24, 2.45) is 16.0 Å². The van der Waals surface area contributed by atoms with E-state index in [2.05, 4.69) is 79.8 Å². The number of hydrogen-bond acceptors (Lipinski definition) is 22. The van der Waals surface area contributed by atoms with Crippen molar-refractivity contribution in [3.63, 3.8) is 0 Å². The molecule has 2 unspecified atom stereocenters. The molecule has 12 N–H and O–H groups in total. The molecule has 4 heterocycles. The molecule has 0 radical (unpaired) electrons. The smallest absolute Gasteiger partial charge is 0.329 e. The summed E-state index contributed by atoms with van der Waals surface area (Å²) >= 11 is 7.31. The topological polar surface area (TPSA) is 461 Å². The van der Waals surface area contributed by atoms with E-state index in [1.54, 1.807) is 36.4 Å². The van der Waals surface area contributed by atoms with Gasteiger partial charge in [-0.05, 0) is 73.1 Å². The standard InChI is InChI=1S/C24H33N7O8S.C14H19N5O6.C10H17N3O3S2/c25-31-30-20(38-9-8-37-12-21(33)34)11-39-16-5-3-4-15(10-16)23(35)27-14-26-19(32)7-2-1-6-18-22-17(13-40-18)28-24(36)29-22;15-9-17-14(22)10-2-1-3-11(6-10)25-7-12(18-19-16)24-5-4-23-8-13(20)21;14-8(16-13-17)4-2-1-3-7-9-6(5-18-7)11-10(15)12-9/h3-5,10,17-18,20,22H,1-2,6-9,11-14H2,(H,26,32)(H,27,35)(H,33,34)(H2,28,29,36);1-3,6,12H,4-5,7-9,15H2,(H,17,22)(H,20,21);6-7,9,13,17H,1-5H2,(H2,11,12,15)/t17-,18-,20?,22-;;6-,7-,9-/m1.0/s1. The molecular formula is C48H69N15O17S3. The number of thioether (sulfide) groups is 2. The molecular weight excluding hydrogens is 1150 g/mol. The molecule has 2 aromatic rings. The molecule has 83 heavy (non-hydrogen) atoms. The van der Waals surface area contributed by atoms with E-state index >= 15 is 0 Å². The van der Waals surface area contributed by atoms with Gasteiger partial charge in [0.05, 0.1) is 63.9 Å². The first-order valence-corrected chi connectivity index (χ1v) is 28.5. The molecule has 35 heteroatoms. The summed E-state index contributed by atoms with van der Waals surface area (Å²) in [4.78, 5) is 103. The van der Waals surface area contributed by atoms with Gasteiger partial charge in [0, 0.05) is 55.8 Å². The van der Waals surface area contributed by atoms with Gasteiger partial charge < -0.3 is 86.4 Å². The van der Waals surface area contributed by atoms with Crippen LogP contribution in [-0.2, 0) is 43.0 Å². The quantitative estimate of drug-likeness (QED) is 0.00681. The highest BCUT2D eigenvalue weighted by Gasteiger charge is 2.43. The zero-order chi connectivity index (χ0) is 60.2. The maximum absolute atomic E-state index is 12.5. The third-order valence-electron chi connectivity index (χ3n) is 12.0. The Hall–Kier alpha value is -7.17. The van der Waals surface area contributed by atoms with Crippen molar-refractivity contribution >= 4 is 84.0 Å². The van der Waals surface area contributed by atoms with Gasteiger partial charge in [-0.15, -0.1) is 0 Å². The summed E-state index contributed by atoms with van der Waals surface area (Å²) in [5.41, 5.74) is 23.2. The van der Waals surface area contributed by atoms with Crippen molar-refractivity contribution < 1.29 is 81.8 Å². The normalized spacial score (nSPS) is 19.4. The fourth-order valence-corrected chi connectivity index (χ4v) is 11.4. The molecule has 4 aliphatic rings. The van der Waals surface area contributed by atoms with Crippen LogP contribution in [0.1, 0.15) is 72.1 Å². The first-order valence-electron chi connectivity index (χ1n) is 26.0. The highest BCUT2D eigenvalue weighted by Crippen LogP contribution is 2.34. The number of benzene rings is 2. The van der Waals surface area contributed by atoms with Gasteiger partial charge in [-0.25, -0.2) is 19.2 Å². The van der Waals surface area contributed by atoms with Crippen molar-refractivity contribution in [1.82, 2.24) is 42.1 Å². The van der Waals surface area contributed by atoms with Gasteiger partial charge >= 0.3 is 30.0 Å². The molecule has 2 aromatic carbocycles. The average Bonchev–Trinajstić information content (AvgIpc) is 4.44. The van der Waals surface area contributed by atoms with Crippen LogP contribution in [0.25, 0.3) is 20.9 Å². The van der Waals surface area contributed by atoms with E-state index in [1.807, 2.05) is 23.5 Å². The summed E-state index contributed by atoms with van der Waals surface area (Å²) in [5.74, 6) is -0.816. The number of amides is 7. The summed E-state index contributed by atoms with van der Waals surface area (Å²) in [6, 6.07) is 13.4. The minimum absolute atomic E-state index is 0.00479. The molecule has 8 atom stereocenters. The highest BCUT2D eigenvalue weighted by atomic mass is 32.2. The number of aliphatic carboxylic acids is 2. The van der Waals surface area contributed by atoms with E-state index in [1.165, 1.54) is 12.1 Å². The zero-order valence-electron chi connectivity index (χ0n) is 44.9. The largest absolute Gasteiger partial charge is 0.491 e. The number of nitrogens with zero attached hydrogens (tertiary/aromatic N) is 6. The number of thiol groups is 1. The number of urea groups is 2. The molecule has 32 nitrogen and oxygen atoms in total. The van der Waals surface area contributed by atoms with E-state index in [0.717, 1.165) is 43.6 Å². The Morgan fingerprint density at radius 3 is 1.63 bits per heavy atom. The van der Waals surface area contributed by atoms with Crippen molar-refractivity contribution in [2.75, 3.05) is 77.7 Å². The van der Waals surface area contributed by atoms with Gasteiger partial charge in [0.2, 0.25) is 5.91 Å². The number of unbranched alkanes of at least 4 members (excludes halogenated alkanes) is 2. The van der Waals surface area contributed by atoms with Gasteiger partial charge in [0.15, 0.2) is 12.5 Å². The lowest BCUT2D eigenvalue weighted by atomic mass is 10.0. The number of carboxylic acids is 2. The number of azide groups is 2. The van der Waals surface area contributed by atoms with Crippen LogP contribution in [0.4, 0.5) is 9.59 Å². The number of ether oxygens (including phenoxy) is 6. The first kappa shape index (κ1) is 68.3. The maximum atomic E-state index is 12.5. The van der Waals surface area contributed by atoms with E-state index in [0.29, 0.717) is 52.4 Å². The van der Waals surface area contributed by atoms with Crippen LogP contribution in [0, 0.1) is 0 Å². The molecule has 4 aliphatic heterocycles. The Balaban J connectivity index is 0.000000292. The Morgan fingerprint density at radius 2 is 1.17 bits per heavy atom. The van der Waals surface area contributed by atoms with E-state index in [-0.39, 0.29) is 107 Å². The number of hydrogen-bond donors (Lipinski definition) is 12. The fraction of sp³-hybridized carbons (Fsp3) is 0.583. The molecule has 0 aromatic heterocycles. The average molecular weight is 1220 g/mol. The summed E-state index contributed by atoms with van der Waals surface area (Å²) in [5, 5.41) is 44.2. The van der Waals surface area contributed by atoms with Crippen LogP contribution in [-0.4, -0.2) is 183 Å². The molecule has 4 saturated heterocycles. The Kier molecular flexibility index (Phi) is 32.4. The highest BCUT2D eigenvalue weighted by molar-refractivity contribution is 8.00. The molecule has 0 saturated carbocycles. The zero-order valence-corrected chi connectivity index (χ0v) is 47.4.